The lowest BCUT2D eigenvalue weighted by Gasteiger charge is -2.13. The third-order valence-electron chi connectivity index (χ3n) is 1.04. The van der Waals surface area contributed by atoms with Gasteiger partial charge in [-0.1, -0.05) is 6.92 Å². The molecule has 0 spiro atoms. The highest BCUT2D eigenvalue weighted by molar-refractivity contribution is 5.78. The smallest absolute Gasteiger partial charge is 0.207 e. The molecule has 0 saturated carbocycles. The number of hydrogen-bond acceptors (Lipinski definition) is 2. The minimum Gasteiger partial charge on any atom is -0.348 e. The molecule has 4 heteroatoms. The van der Waals surface area contributed by atoms with E-state index in [1.807, 2.05) is 19.0 Å². The molecule has 0 saturated heterocycles. The number of guanidine groups is 1. The number of rotatable bonds is 2. The molecule has 0 fully saturated rings. The number of nitrogens with two attached hydrogens (primary N) is 1. The summed E-state index contributed by atoms with van der Waals surface area (Å²) in [6.45, 7) is 2.89. The Hall–Kier alpha value is -0.770. The SMILES string of the molecule is CCCN=C(NN)N(C)C. The Labute approximate surface area is 62.1 Å². The monoisotopic (exact) mass is 144 g/mol. The molecule has 0 aromatic heterocycles. The van der Waals surface area contributed by atoms with Crippen molar-refractivity contribution in [2.45, 2.75) is 13.3 Å². The summed E-state index contributed by atoms with van der Waals surface area (Å²) in [4.78, 5) is 6.01. The van der Waals surface area contributed by atoms with Gasteiger partial charge in [-0.25, -0.2) is 5.84 Å². The second-order valence-corrected chi connectivity index (χ2v) is 2.24. The maximum Gasteiger partial charge on any atom is 0.207 e. The molecular formula is C6H16N4. The molecule has 0 bridgehead atoms. The lowest BCUT2D eigenvalue weighted by Crippen LogP contribution is -2.40. The predicted octanol–water partition coefficient (Wildman–Crippen LogP) is -0.223. The van der Waals surface area contributed by atoms with Crippen molar-refractivity contribution in [2.24, 2.45) is 10.8 Å². The first-order valence-corrected chi connectivity index (χ1v) is 3.40. The number of nitrogens with one attached hydrogen (secondary N) is 1. The number of aliphatic imine (C=N–C) groups is 1. The number of hydrazine groups is 1. The van der Waals surface area contributed by atoms with Crippen molar-refractivity contribution < 1.29 is 0 Å². The van der Waals surface area contributed by atoms with Crippen LogP contribution in [0.1, 0.15) is 13.3 Å². The summed E-state index contributed by atoms with van der Waals surface area (Å²) in [5.74, 6) is 5.92. The quantitative estimate of drug-likeness (QED) is 0.244. The molecule has 10 heavy (non-hydrogen) atoms. The van der Waals surface area contributed by atoms with Crippen LogP contribution in [-0.4, -0.2) is 31.5 Å². The first-order valence-electron chi connectivity index (χ1n) is 3.40. The van der Waals surface area contributed by atoms with Gasteiger partial charge in [0, 0.05) is 20.6 Å². The number of nitrogens with zero attached hydrogens (tertiary/aromatic N) is 2. The topological polar surface area (TPSA) is 53.6 Å². The van der Waals surface area contributed by atoms with Gasteiger partial charge in [0.05, 0.1) is 0 Å². The summed E-state index contributed by atoms with van der Waals surface area (Å²) in [7, 11) is 3.79. The van der Waals surface area contributed by atoms with Gasteiger partial charge in [-0.15, -0.1) is 0 Å². The molecule has 0 aliphatic rings. The van der Waals surface area contributed by atoms with Crippen molar-refractivity contribution in [3.63, 3.8) is 0 Å². The van der Waals surface area contributed by atoms with Crippen LogP contribution in [0.4, 0.5) is 0 Å². The average molecular weight is 144 g/mol. The van der Waals surface area contributed by atoms with Crippen LogP contribution in [0.25, 0.3) is 0 Å². The predicted molar refractivity (Wildman–Crippen MR) is 43.6 cm³/mol. The largest absolute Gasteiger partial charge is 0.348 e. The van der Waals surface area contributed by atoms with E-state index in [2.05, 4.69) is 17.3 Å². The molecule has 4 nitrogen and oxygen atoms in total. The Morgan fingerprint density at radius 3 is 2.50 bits per heavy atom. The Balaban J connectivity index is 3.79. The van der Waals surface area contributed by atoms with Crippen molar-refractivity contribution in [3.8, 4) is 0 Å². The van der Waals surface area contributed by atoms with E-state index in [1.165, 1.54) is 0 Å². The second kappa shape index (κ2) is 5.05. The average Bonchev–Trinajstić information content (AvgIpc) is 1.89. The molecule has 0 radical (unpaired) electrons. The summed E-state index contributed by atoms with van der Waals surface area (Å²) in [6, 6.07) is 0. The van der Waals surface area contributed by atoms with Crippen LogP contribution in [0.5, 0.6) is 0 Å². The van der Waals surface area contributed by atoms with E-state index >= 15 is 0 Å². The third-order valence-corrected chi connectivity index (χ3v) is 1.04. The molecule has 3 N–H and O–H groups in total. The molecule has 0 atom stereocenters. The van der Waals surface area contributed by atoms with Gasteiger partial charge in [0.25, 0.3) is 0 Å². The highest BCUT2D eigenvalue weighted by Gasteiger charge is 1.94. The van der Waals surface area contributed by atoms with E-state index in [1.54, 1.807) is 0 Å². The Bertz CT molecular complexity index is 108. The molecule has 0 unspecified atom stereocenters. The van der Waals surface area contributed by atoms with Crippen LogP contribution in [0.2, 0.25) is 0 Å². The van der Waals surface area contributed by atoms with E-state index in [4.69, 9.17) is 5.84 Å². The molecule has 0 aromatic rings. The van der Waals surface area contributed by atoms with E-state index in [9.17, 15) is 0 Å². The minimum atomic E-state index is 0.724. The fraction of sp³-hybridized carbons (Fsp3) is 0.833. The van der Waals surface area contributed by atoms with Gasteiger partial charge in [-0.05, 0) is 6.42 Å². The lowest BCUT2D eigenvalue weighted by atomic mass is 10.5. The van der Waals surface area contributed by atoms with Crippen molar-refractivity contribution in [3.05, 3.63) is 0 Å². The standard InChI is InChI=1S/C6H16N4/c1-4-5-8-6(9-7)10(2)3/h4-5,7H2,1-3H3,(H,8,9). The second-order valence-electron chi connectivity index (χ2n) is 2.24. The maximum absolute atomic E-state index is 5.19. The zero-order valence-electron chi connectivity index (χ0n) is 6.89. The van der Waals surface area contributed by atoms with Gasteiger partial charge in [-0.3, -0.25) is 10.4 Å². The van der Waals surface area contributed by atoms with Gasteiger partial charge < -0.3 is 4.90 Å². The van der Waals surface area contributed by atoms with Crippen LogP contribution in [0, 0.1) is 0 Å². The van der Waals surface area contributed by atoms with Crippen molar-refractivity contribution >= 4 is 5.96 Å². The van der Waals surface area contributed by atoms with Crippen molar-refractivity contribution in [1.29, 1.82) is 0 Å². The first-order chi connectivity index (χ1) is 4.72. The zero-order valence-corrected chi connectivity index (χ0v) is 6.89. The third kappa shape index (κ3) is 3.29. The van der Waals surface area contributed by atoms with Crippen LogP contribution in [0.3, 0.4) is 0 Å². The molecule has 0 aliphatic carbocycles. The Morgan fingerprint density at radius 2 is 2.20 bits per heavy atom. The molecule has 0 aromatic carbocycles. The van der Waals surface area contributed by atoms with Gasteiger partial charge in [-0.2, -0.15) is 0 Å². The van der Waals surface area contributed by atoms with E-state index < -0.39 is 0 Å². The highest BCUT2D eigenvalue weighted by Crippen LogP contribution is 1.81. The van der Waals surface area contributed by atoms with Crippen molar-refractivity contribution in [1.82, 2.24) is 10.3 Å². The van der Waals surface area contributed by atoms with Gasteiger partial charge in [0.1, 0.15) is 0 Å². The summed E-state index contributed by atoms with van der Waals surface area (Å²) in [6.07, 6.45) is 1.04. The fourth-order valence-corrected chi connectivity index (χ4v) is 0.534. The van der Waals surface area contributed by atoms with Gasteiger partial charge in [0.15, 0.2) is 0 Å². The molecule has 0 rings (SSSR count). The zero-order chi connectivity index (χ0) is 7.98. The number of hydrogen-bond donors (Lipinski definition) is 2. The normalized spacial score (nSPS) is 11.4. The van der Waals surface area contributed by atoms with Gasteiger partial charge in [0.2, 0.25) is 5.96 Å². The van der Waals surface area contributed by atoms with E-state index in [-0.39, 0.29) is 0 Å². The lowest BCUT2D eigenvalue weighted by molar-refractivity contribution is 0.583. The van der Waals surface area contributed by atoms with Crippen LogP contribution in [0.15, 0.2) is 4.99 Å². The van der Waals surface area contributed by atoms with E-state index in [0.717, 1.165) is 18.9 Å². The first kappa shape index (κ1) is 9.23. The van der Waals surface area contributed by atoms with Crippen LogP contribution in [-0.2, 0) is 0 Å². The summed E-state index contributed by atoms with van der Waals surface area (Å²) < 4.78 is 0. The molecule has 0 aliphatic heterocycles. The van der Waals surface area contributed by atoms with Gasteiger partial charge >= 0.3 is 0 Å². The van der Waals surface area contributed by atoms with Crippen molar-refractivity contribution in [2.75, 3.05) is 20.6 Å². The Morgan fingerprint density at radius 1 is 1.60 bits per heavy atom. The molecule has 0 heterocycles. The van der Waals surface area contributed by atoms with Crippen LogP contribution >= 0.6 is 0 Å². The fourth-order valence-electron chi connectivity index (χ4n) is 0.534. The molecular weight excluding hydrogens is 128 g/mol. The minimum absolute atomic E-state index is 0.724. The molecule has 0 amide bonds. The highest BCUT2D eigenvalue weighted by atomic mass is 15.4. The summed E-state index contributed by atoms with van der Waals surface area (Å²) >= 11 is 0. The summed E-state index contributed by atoms with van der Waals surface area (Å²) in [5.41, 5.74) is 2.51. The Kier molecular flexibility index (Phi) is 4.66. The van der Waals surface area contributed by atoms with E-state index in [0.29, 0.717) is 0 Å². The summed E-state index contributed by atoms with van der Waals surface area (Å²) in [5, 5.41) is 0. The maximum atomic E-state index is 5.19. The van der Waals surface area contributed by atoms with Crippen LogP contribution < -0.4 is 11.3 Å². The molecule has 60 valence electrons.